The Hall–Kier alpha value is -4.11. The van der Waals surface area contributed by atoms with E-state index in [1.807, 2.05) is 32.8 Å². The lowest BCUT2D eigenvalue weighted by molar-refractivity contribution is 0.1000. The summed E-state index contributed by atoms with van der Waals surface area (Å²) in [7, 11) is 3.86. The number of nitrogens with zero attached hydrogens (tertiary/aromatic N) is 1. The molecule has 0 radical (unpaired) electrons. The molecule has 0 spiro atoms. The number of benzene rings is 3. The zero-order chi connectivity index (χ0) is 27.7. The van der Waals surface area contributed by atoms with E-state index in [-0.39, 0.29) is 17.8 Å². The molecule has 0 saturated carbocycles. The standard InChI is InChI=1S/C29H35FN4O4/c1-5-21(6-2)32-29(36)33-22-14-15-24(26(18-22)37-17-16-34(3)4)38-25-9-7-8-23(27(25)30)19-10-12-20(13-11-19)28(31)35/h7-15,18,21H,5-6,16-17H2,1-4H3,(H2,31,35)(H2,32,33,36). The number of carbonyl (C=O) groups excluding carboxylic acids is 2. The first-order valence-corrected chi connectivity index (χ1v) is 12.6. The average Bonchev–Trinajstić information content (AvgIpc) is 2.89. The molecule has 3 rings (SSSR count). The lowest BCUT2D eigenvalue weighted by Gasteiger charge is -2.18. The first-order chi connectivity index (χ1) is 18.2. The molecule has 0 fully saturated rings. The summed E-state index contributed by atoms with van der Waals surface area (Å²) in [5.74, 6) is -0.448. The molecule has 0 aliphatic rings. The zero-order valence-electron chi connectivity index (χ0n) is 22.2. The summed E-state index contributed by atoms with van der Waals surface area (Å²) in [6.07, 6.45) is 1.66. The number of nitrogens with two attached hydrogens (primary N) is 1. The lowest BCUT2D eigenvalue weighted by atomic mass is 10.0. The third-order valence-corrected chi connectivity index (χ3v) is 5.98. The molecule has 0 aromatic heterocycles. The molecule has 9 heteroatoms. The molecule has 0 aliphatic heterocycles. The van der Waals surface area contributed by atoms with Gasteiger partial charge in [-0.25, -0.2) is 9.18 Å². The average molecular weight is 523 g/mol. The molecule has 0 heterocycles. The summed E-state index contributed by atoms with van der Waals surface area (Å²) in [5, 5.41) is 5.75. The van der Waals surface area contributed by atoms with E-state index in [1.54, 1.807) is 54.6 Å². The quantitative estimate of drug-likeness (QED) is 0.286. The molecule has 8 nitrogen and oxygen atoms in total. The van der Waals surface area contributed by atoms with E-state index in [1.165, 1.54) is 6.07 Å². The van der Waals surface area contributed by atoms with Crippen molar-refractivity contribution in [2.75, 3.05) is 32.6 Å². The van der Waals surface area contributed by atoms with Crippen LogP contribution in [0.3, 0.4) is 0 Å². The molecule has 3 amide bonds. The van der Waals surface area contributed by atoms with Gasteiger partial charge in [-0.05, 0) is 62.8 Å². The number of halogens is 1. The SMILES string of the molecule is CCC(CC)NC(=O)Nc1ccc(Oc2cccc(-c3ccc(C(N)=O)cc3)c2F)c(OCCN(C)C)c1. The van der Waals surface area contributed by atoms with Crippen molar-refractivity contribution in [3.63, 3.8) is 0 Å². The van der Waals surface area contributed by atoms with E-state index in [4.69, 9.17) is 15.2 Å². The fourth-order valence-electron chi connectivity index (χ4n) is 3.71. The number of hydrogen-bond donors (Lipinski definition) is 3. The molecule has 0 unspecified atom stereocenters. The normalized spacial score (nSPS) is 10.9. The van der Waals surface area contributed by atoms with Crippen molar-refractivity contribution < 1.29 is 23.5 Å². The molecule has 4 N–H and O–H groups in total. The van der Waals surface area contributed by atoms with E-state index < -0.39 is 11.7 Å². The van der Waals surface area contributed by atoms with Gasteiger partial charge in [0.25, 0.3) is 0 Å². The maximum Gasteiger partial charge on any atom is 0.319 e. The number of carbonyl (C=O) groups is 2. The number of ether oxygens (including phenoxy) is 2. The van der Waals surface area contributed by atoms with Crippen molar-refractivity contribution in [3.8, 4) is 28.4 Å². The highest BCUT2D eigenvalue weighted by Gasteiger charge is 2.16. The molecule has 0 saturated heterocycles. The monoisotopic (exact) mass is 522 g/mol. The van der Waals surface area contributed by atoms with Gasteiger partial charge in [-0.2, -0.15) is 0 Å². The van der Waals surface area contributed by atoms with Crippen LogP contribution in [0.1, 0.15) is 37.0 Å². The van der Waals surface area contributed by atoms with E-state index >= 15 is 4.39 Å². The van der Waals surface area contributed by atoms with Gasteiger partial charge >= 0.3 is 6.03 Å². The predicted molar refractivity (Wildman–Crippen MR) is 147 cm³/mol. The maximum atomic E-state index is 15.5. The smallest absolute Gasteiger partial charge is 0.319 e. The molecule has 0 atom stereocenters. The summed E-state index contributed by atoms with van der Waals surface area (Å²) in [5.41, 5.74) is 7.04. The van der Waals surface area contributed by atoms with Crippen molar-refractivity contribution in [3.05, 3.63) is 72.0 Å². The number of anilines is 1. The summed E-state index contributed by atoms with van der Waals surface area (Å²) in [4.78, 5) is 25.8. The summed E-state index contributed by atoms with van der Waals surface area (Å²) in [6, 6.07) is 15.9. The number of likely N-dealkylation sites (N-methyl/N-ethyl adjacent to an activating group) is 1. The highest BCUT2D eigenvalue weighted by molar-refractivity contribution is 5.93. The molecule has 38 heavy (non-hydrogen) atoms. The van der Waals surface area contributed by atoms with Crippen LogP contribution in [0, 0.1) is 5.82 Å². The number of urea groups is 1. The van der Waals surface area contributed by atoms with Crippen LogP contribution in [0.4, 0.5) is 14.9 Å². The van der Waals surface area contributed by atoms with Gasteiger partial charge in [0.1, 0.15) is 6.61 Å². The third kappa shape index (κ3) is 7.69. The second-order valence-corrected chi connectivity index (χ2v) is 9.09. The number of primary amides is 1. The Kier molecular flexibility index (Phi) is 10.1. The highest BCUT2D eigenvalue weighted by Crippen LogP contribution is 2.37. The lowest BCUT2D eigenvalue weighted by Crippen LogP contribution is -2.37. The van der Waals surface area contributed by atoms with E-state index in [0.29, 0.717) is 47.0 Å². The van der Waals surface area contributed by atoms with Crippen LogP contribution in [-0.4, -0.2) is 50.1 Å². The van der Waals surface area contributed by atoms with Crippen molar-refractivity contribution in [2.45, 2.75) is 32.7 Å². The van der Waals surface area contributed by atoms with Crippen LogP contribution in [0.5, 0.6) is 17.2 Å². The number of hydrogen-bond acceptors (Lipinski definition) is 5. The van der Waals surface area contributed by atoms with Gasteiger partial charge in [-0.3, -0.25) is 4.79 Å². The molecule has 3 aromatic carbocycles. The predicted octanol–water partition coefficient (Wildman–Crippen LogP) is 5.63. The van der Waals surface area contributed by atoms with Crippen LogP contribution in [0.2, 0.25) is 0 Å². The van der Waals surface area contributed by atoms with Gasteiger partial charge in [0, 0.05) is 35.5 Å². The van der Waals surface area contributed by atoms with Crippen LogP contribution < -0.4 is 25.8 Å². The van der Waals surface area contributed by atoms with Crippen molar-refractivity contribution >= 4 is 17.6 Å². The first kappa shape index (κ1) is 28.5. The minimum Gasteiger partial charge on any atom is -0.488 e. The second kappa shape index (κ2) is 13.4. The van der Waals surface area contributed by atoms with Gasteiger partial charge in [0.2, 0.25) is 5.91 Å². The van der Waals surface area contributed by atoms with Crippen LogP contribution in [-0.2, 0) is 0 Å². The van der Waals surface area contributed by atoms with Crippen molar-refractivity contribution in [1.82, 2.24) is 10.2 Å². The fraction of sp³-hybridized carbons (Fsp3) is 0.310. The third-order valence-electron chi connectivity index (χ3n) is 5.98. The summed E-state index contributed by atoms with van der Waals surface area (Å²) < 4.78 is 27.4. The molecule has 202 valence electrons. The van der Waals surface area contributed by atoms with Gasteiger partial charge in [0.05, 0.1) is 0 Å². The summed E-state index contributed by atoms with van der Waals surface area (Å²) >= 11 is 0. The Morgan fingerprint density at radius 1 is 0.974 bits per heavy atom. The number of amides is 3. The maximum absolute atomic E-state index is 15.5. The molecule has 0 aliphatic carbocycles. The molecular weight excluding hydrogens is 487 g/mol. The van der Waals surface area contributed by atoms with Crippen molar-refractivity contribution in [1.29, 1.82) is 0 Å². The van der Waals surface area contributed by atoms with Gasteiger partial charge < -0.3 is 30.7 Å². The first-order valence-electron chi connectivity index (χ1n) is 12.6. The highest BCUT2D eigenvalue weighted by atomic mass is 19.1. The Bertz CT molecular complexity index is 1240. The van der Waals surface area contributed by atoms with Crippen LogP contribution in [0.25, 0.3) is 11.1 Å². The van der Waals surface area contributed by atoms with Gasteiger partial charge in [0.15, 0.2) is 23.1 Å². The molecular formula is C29H35FN4O4. The topological polar surface area (TPSA) is 106 Å². The fourth-order valence-corrected chi connectivity index (χ4v) is 3.71. The largest absolute Gasteiger partial charge is 0.488 e. The second-order valence-electron chi connectivity index (χ2n) is 9.09. The molecule has 3 aromatic rings. The van der Waals surface area contributed by atoms with Crippen molar-refractivity contribution in [2.24, 2.45) is 5.73 Å². The Morgan fingerprint density at radius 2 is 1.68 bits per heavy atom. The van der Waals surface area contributed by atoms with Crippen LogP contribution in [0.15, 0.2) is 60.7 Å². The number of nitrogens with one attached hydrogen (secondary N) is 2. The van der Waals surface area contributed by atoms with Gasteiger partial charge in [-0.1, -0.05) is 38.1 Å². The zero-order valence-corrected chi connectivity index (χ0v) is 22.2. The Morgan fingerprint density at radius 3 is 2.32 bits per heavy atom. The van der Waals surface area contributed by atoms with E-state index in [2.05, 4.69) is 10.6 Å². The van der Waals surface area contributed by atoms with Crippen LogP contribution >= 0.6 is 0 Å². The van der Waals surface area contributed by atoms with Gasteiger partial charge in [-0.15, -0.1) is 0 Å². The van der Waals surface area contributed by atoms with E-state index in [9.17, 15) is 9.59 Å². The minimum absolute atomic E-state index is 0.00567. The number of rotatable bonds is 12. The minimum atomic E-state index is -0.565. The van der Waals surface area contributed by atoms with E-state index in [0.717, 1.165) is 12.8 Å². The Labute approximate surface area is 222 Å². The Balaban J connectivity index is 1.86. The summed E-state index contributed by atoms with van der Waals surface area (Å²) in [6.45, 7) is 5.04. The molecule has 0 bridgehead atoms.